The molecule has 150 valence electrons. The summed E-state index contributed by atoms with van der Waals surface area (Å²) in [7, 11) is 0. The lowest BCUT2D eigenvalue weighted by Gasteiger charge is -2.39. The fraction of sp³-hybridized carbons (Fsp3) is 0.500. The molecule has 5 nitrogen and oxygen atoms in total. The molecule has 2 aromatic rings. The Morgan fingerprint density at radius 3 is 2.64 bits per heavy atom. The molecule has 0 spiro atoms. The summed E-state index contributed by atoms with van der Waals surface area (Å²) in [5.41, 5.74) is 8.16. The molecule has 3 N–H and O–H groups in total. The molecule has 0 bridgehead atoms. The molecule has 0 aliphatic carbocycles. The molecule has 2 aliphatic heterocycles. The quantitative estimate of drug-likeness (QED) is 0.828. The van der Waals surface area contributed by atoms with Gasteiger partial charge in [-0.2, -0.15) is 0 Å². The van der Waals surface area contributed by atoms with E-state index in [9.17, 15) is 4.39 Å². The minimum atomic E-state index is -0.201. The molecule has 28 heavy (non-hydrogen) atoms. The van der Waals surface area contributed by atoms with Crippen molar-refractivity contribution in [1.82, 2.24) is 4.98 Å². The van der Waals surface area contributed by atoms with Crippen molar-refractivity contribution in [3.63, 3.8) is 0 Å². The van der Waals surface area contributed by atoms with E-state index in [0.29, 0.717) is 12.5 Å². The summed E-state index contributed by atoms with van der Waals surface area (Å²) in [6, 6.07) is 11.3. The largest absolute Gasteiger partial charge is 0.371 e. The van der Waals surface area contributed by atoms with Gasteiger partial charge in [-0.05, 0) is 62.4 Å². The molecule has 4 rings (SSSR count). The lowest BCUT2D eigenvalue weighted by molar-refractivity contribution is 0.397. The van der Waals surface area contributed by atoms with Gasteiger partial charge in [-0.3, -0.25) is 0 Å². The van der Waals surface area contributed by atoms with Crippen molar-refractivity contribution in [1.29, 1.82) is 0 Å². The highest BCUT2D eigenvalue weighted by Crippen LogP contribution is 2.27. The Kier molecular flexibility index (Phi) is 5.95. The number of piperidine rings is 2. The van der Waals surface area contributed by atoms with E-state index in [2.05, 4.69) is 32.2 Å². The maximum atomic E-state index is 13.7. The van der Waals surface area contributed by atoms with Gasteiger partial charge in [0.2, 0.25) is 0 Å². The van der Waals surface area contributed by atoms with Crippen molar-refractivity contribution in [3.8, 4) is 0 Å². The molecule has 2 fully saturated rings. The van der Waals surface area contributed by atoms with Gasteiger partial charge in [-0.1, -0.05) is 6.07 Å². The van der Waals surface area contributed by atoms with Crippen molar-refractivity contribution >= 4 is 17.2 Å². The average Bonchev–Trinajstić information content (AvgIpc) is 2.74. The van der Waals surface area contributed by atoms with Crippen molar-refractivity contribution in [2.24, 2.45) is 11.7 Å². The Morgan fingerprint density at radius 1 is 1.04 bits per heavy atom. The van der Waals surface area contributed by atoms with Gasteiger partial charge in [0, 0.05) is 55.9 Å². The maximum Gasteiger partial charge on any atom is 0.128 e. The second-order valence-corrected chi connectivity index (χ2v) is 8.01. The standard InChI is InChI=1S/C22H30FN5/c23-18-5-4-6-20(12-18)28-15-17(14-24)11-19(16-28)26-22-13-21(7-8-25-22)27-9-2-1-3-10-27/h4-8,12-13,17,19H,1-3,9-11,14-16,24H2,(H,25,26)/t17-,19-/m1/s1. The summed E-state index contributed by atoms with van der Waals surface area (Å²) in [6.45, 7) is 4.55. The first-order valence-corrected chi connectivity index (χ1v) is 10.4. The van der Waals surface area contributed by atoms with Crippen LogP contribution in [0.15, 0.2) is 42.6 Å². The van der Waals surface area contributed by atoms with Crippen LogP contribution in [-0.4, -0.2) is 43.7 Å². The molecule has 2 aliphatic rings. The van der Waals surface area contributed by atoms with Crippen molar-refractivity contribution in [2.75, 3.05) is 47.8 Å². The summed E-state index contributed by atoms with van der Waals surface area (Å²) >= 11 is 0. The number of nitrogens with zero attached hydrogens (tertiary/aromatic N) is 3. The van der Waals surface area contributed by atoms with E-state index < -0.39 is 0 Å². The number of aromatic nitrogens is 1. The number of rotatable bonds is 5. The molecule has 6 heteroatoms. The summed E-state index contributed by atoms with van der Waals surface area (Å²) in [5, 5.41) is 3.61. The number of anilines is 3. The lowest BCUT2D eigenvalue weighted by Crippen LogP contribution is -2.48. The zero-order chi connectivity index (χ0) is 19.3. The lowest BCUT2D eigenvalue weighted by atomic mass is 9.93. The monoisotopic (exact) mass is 383 g/mol. The Labute approximate surface area is 166 Å². The SMILES string of the molecule is NC[C@H]1C[C@@H](Nc2cc(N3CCCCC3)ccn2)CN(c2cccc(F)c2)C1. The van der Waals surface area contributed by atoms with E-state index in [1.807, 2.05) is 12.3 Å². The normalized spacial score (nSPS) is 22.9. The van der Waals surface area contributed by atoms with Gasteiger partial charge in [-0.25, -0.2) is 9.37 Å². The maximum absolute atomic E-state index is 13.7. The number of hydrogen-bond acceptors (Lipinski definition) is 5. The predicted molar refractivity (Wildman–Crippen MR) is 113 cm³/mol. The Hall–Kier alpha value is -2.34. The van der Waals surface area contributed by atoms with E-state index >= 15 is 0 Å². The van der Waals surface area contributed by atoms with Crippen LogP contribution in [0.25, 0.3) is 0 Å². The van der Waals surface area contributed by atoms with Gasteiger partial charge in [0.1, 0.15) is 11.6 Å². The molecule has 2 atom stereocenters. The summed E-state index contributed by atoms with van der Waals surface area (Å²) < 4.78 is 13.7. The number of halogens is 1. The fourth-order valence-electron chi connectivity index (χ4n) is 4.42. The first kappa shape index (κ1) is 19.0. The highest BCUT2D eigenvalue weighted by molar-refractivity contribution is 5.55. The highest BCUT2D eigenvalue weighted by atomic mass is 19.1. The molecule has 3 heterocycles. The van der Waals surface area contributed by atoms with Gasteiger partial charge in [-0.15, -0.1) is 0 Å². The second-order valence-electron chi connectivity index (χ2n) is 8.01. The summed E-state index contributed by atoms with van der Waals surface area (Å²) in [6.07, 6.45) is 6.73. The van der Waals surface area contributed by atoms with E-state index in [0.717, 1.165) is 44.1 Å². The Morgan fingerprint density at radius 2 is 1.86 bits per heavy atom. The van der Waals surface area contributed by atoms with Crippen LogP contribution < -0.4 is 20.9 Å². The van der Waals surface area contributed by atoms with Crippen LogP contribution in [0.1, 0.15) is 25.7 Å². The number of hydrogen-bond donors (Lipinski definition) is 2. The number of nitrogens with two attached hydrogens (primary N) is 1. The molecule has 0 amide bonds. The van der Waals surface area contributed by atoms with E-state index in [4.69, 9.17) is 5.73 Å². The van der Waals surface area contributed by atoms with Gasteiger partial charge < -0.3 is 20.9 Å². The Bertz CT molecular complexity index is 777. The molecule has 1 aromatic carbocycles. The molecule has 2 saturated heterocycles. The second kappa shape index (κ2) is 8.78. The third-order valence-electron chi connectivity index (χ3n) is 5.86. The summed E-state index contributed by atoms with van der Waals surface area (Å²) in [4.78, 5) is 9.22. The zero-order valence-corrected chi connectivity index (χ0v) is 16.4. The third-order valence-corrected chi connectivity index (χ3v) is 5.86. The van der Waals surface area contributed by atoms with E-state index in [1.54, 1.807) is 12.1 Å². The van der Waals surface area contributed by atoms with E-state index in [-0.39, 0.29) is 11.9 Å². The zero-order valence-electron chi connectivity index (χ0n) is 16.4. The first-order chi connectivity index (χ1) is 13.7. The van der Waals surface area contributed by atoms with Crippen LogP contribution >= 0.6 is 0 Å². The summed E-state index contributed by atoms with van der Waals surface area (Å²) in [5.74, 6) is 1.08. The van der Waals surface area contributed by atoms with Crippen LogP contribution in [0.4, 0.5) is 21.6 Å². The topological polar surface area (TPSA) is 57.4 Å². The van der Waals surface area contributed by atoms with E-state index in [1.165, 1.54) is 31.0 Å². The van der Waals surface area contributed by atoms with Crippen LogP contribution in [-0.2, 0) is 0 Å². The number of benzene rings is 1. The number of pyridine rings is 1. The predicted octanol–water partition coefficient (Wildman–Crippen LogP) is 3.48. The number of nitrogens with one attached hydrogen (secondary N) is 1. The van der Waals surface area contributed by atoms with Crippen LogP contribution in [0, 0.1) is 11.7 Å². The highest BCUT2D eigenvalue weighted by Gasteiger charge is 2.27. The fourth-order valence-corrected chi connectivity index (χ4v) is 4.42. The smallest absolute Gasteiger partial charge is 0.128 e. The van der Waals surface area contributed by atoms with Crippen LogP contribution in [0.2, 0.25) is 0 Å². The molecular formula is C22H30FN5. The molecule has 0 radical (unpaired) electrons. The average molecular weight is 384 g/mol. The van der Waals surface area contributed by atoms with Crippen molar-refractivity contribution in [3.05, 3.63) is 48.4 Å². The molecule has 1 aromatic heterocycles. The third kappa shape index (κ3) is 4.55. The van der Waals surface area contributed by atoms with Crippen LogP contribution in [0.5, 0.6) is 0 Å². The molecule has 0 unspecified atom stereocenters. The van der Waals surface area contributed by atoms with Crippen LogP contribution in [0.3, 0.4) is 0 Å². The molecule has 0 saturated carbocycles. The molecular weight excluding hydrogens is 353 g/mol. The van der Waals surface area contributed by atoms with Gasteiger partial charge in [0.15, 0.2) is 0 Å². The minimum Gasteiger partial charge on any atom is -0.371 e. The minimum absolute atomic E-state index is 0.201. The van der Waals surface area contributed by atoms with Gasteiger partial charge >= 0.3 is 0 Å². The Balaban J connectivity index is 1.47. The first-order valence-electron chi connectivity index (χ1n) is 10.4. The van der Waals surface area contributed by atoms with Crippen molar-refractivity contribution in [2.45, 2.75) is 31.7 Å². The van der Waals surface area contributed by atoms with Gasteiger partial charge in [0.25, 0.3) is 0 Å². The van der Waals surface area contributed by atoms with Crippen molar-refractivity contribution < 1.29 is 4.39 Å². The van der Waals surface area contributed by atoms with Gasteiger partial charge in [0.05, 0.1) is 0 Å².